The molecule has 1 amide bonds. The van der Waals surface area contributed by atoms with Crippen LogP contribution in [0.25, 0.3) is 0 Å². The molecule has 8 nitrogen and oxygen atoms in total. The molecule has 0 aliphatic carbocycles. The Hall–Kier alpha value is -3.11. The van der Waals surface area contributed by atoms with Crippen molar-refractivity contribution < 1.29 is 17.9 Å². The number of ether oxygens (including phenoxy) is 1. The van der Waals surface area contributed by atoms with Crippen LogP contribution in [0.2, 0.25) is 0 Å². The highest BCUT2D eigenvalue weighted by Crippen LogP contribution is 2.22. The van der Waals surface area contributed by atoms with Crippen LogP contribution >= 0.6 is 11.8 Å². The number of hydrogen-bond donors (Lipinski definition) is 2. The molecule has 0 aliphatic rings. The van der Waals surface area contributed by atoms with Crippen LogP contribution < -0.4 is 15.6 Å². The molecule has 1 heterocycles. The number of nitrogens with one attached hydrogen (secondary N) is 2. The summed E-state index contributed by atoms with van der Waals surface area (Å²) in [6.07, 6.45) is 1.00. The van der Waals surface area contributed by atoms with Gasteiger partial charge in [0.2, 0.25) is 15.7 Å². The van der Waals surface area contributed by atoms with E-state index in [0.717, 1.165) is 18.0 Å². The highest BCUT2D eigenvalue weighted by Gasteiger charge is 2.22. The van der Waals surface area contributed by atoms with E-state index in [0.29, 0.717) is 17.4 Å². The molecule has 0 aliphatic heterocycles. The molecule has 168 valence electrons. The van der Waals surface area contributed by atoms with Gasteiger partial charge < -0.3 is 15.0 Å². The lowest BCUT2D eigenvalue weighted by Gasteiger charge is -2.08. The van der Waals surface area contributed by atoms with Crippen molar-refractivity contribution in [2.75, 3.05) is 18.2 Å². The zero-order valence-corrected chi connectivity index (χ0v) is 19.4. The molecule has 32 heavy (non-hydrogen) atoms. The maximum Gasteiger partial charge on any atom is 0.270 e. The van der Waals surface area contributed by atoms with Crippen molar-refractivity contribution in [2.45, 2.75) is 34.7 Å². The summed E-state index contributed by atoms with van der Waals surface area (Å²) < 4.78 is 30.5. The van der Waals surface area contributed by atoms with Crippen molar-refractivity contribution in [2.24, 2.45) is 0 Å². The monoisotopic (exact) mass is 473 g/mol. The number of sulfone groups is 1. The predicted octanol–water partition coefficient (Wildman–Crippen LogP) is 3.47. The SMILES string of the molecule is COc1ccc(S(=O)(=O)c2cnc(SCC(=O)Nc3ccc(C(C)C)cc3)[nH]c2=O)cc1. The van der Waals surface area contributed by atoms with Gasteiger partial charge in [-0.3, -0.25) is 9.59 Å². The van der Waals surface area contributed by atoms with Crippen LogP contribution in [0.5, 0.6) is 5.75 Å². The number of H-pyrrole nitrogens is 1. The highest BCUT2D eigenvalue weighted by molar-refractivity contribution is 7.99. The van der Waals surface area contributed by atoms with Crippen LogP contribution in [0, 0.1) is 0 Å². The molecule has 0 saturated carbocycles. The number of nitrogens with zero attached hydrogens (tertiary/aromatic N) is 1. The number of hydrogen-bond acceptors (Lipinski definition) is 7. The first-order valence-corrected chi connectivity index (χ1v) is 12.2. The number of aromatic amines is 1. The van der Waals surface area contributed by atoms with E-state index in [-0.39, 0.29) is 21.7 Å². The minimum atomic E-state index is -4.04. The van der Waals surface area contributed by atoms with Crippen molar-refractivity contribution in [1.82, 2.24) is 9.97 Å². The Bertz CT molecular complexity index is 1250. The van der Waals surface area contributed by atoms with Gasteiger partial charge in [0.25, 0.3) is 5.56 Å². The van der Waals surface area contributed by atoms with E-state index < -0.39 is 20.3 Å². The number of carbonyl (C=O) groups is 1. The normalized spacial score (nSPS) is 11.4. The van der Waals surface area contributed by atoms with Crippen LogP contribution in [0.1, 0.15) is 25.3 Å². The summed E-state index contributed by atoms with van der Waals surface area (Å²) >= 11 is 1.00. The van der Waals surface area contributed by atoms with Crippen LogP contribution in [-0.2, 0) is 14.6 Å². The Morgan fingerprint density at radius 1 is 1.12 bits per heavy atom. The van der Waals surface area contributed by atoms with E-state index in [2.05, 4.69) is 29.1 Å². The third kappa shape index (κ3) is 5.57. The smallest absolute Gasteiger partial charge is 0.270 e. The molecule has 1 aromatic heterocycles. The molecule has 0 saturated heterocycles. The van der Waals surface area contributed by atoms with E-state index in [1.807, 2.05) is 24.3 Å². The average molecular weight is 474 g/mol. The van der Waals surface area contributed by atoms with Gasteiger partial charge in [-0.25, -0.2) is 13.4 Å². The van der Waals surface area contributed by atoms with E-state index in [9.17, 15) is 18.0 Å². The summed E-state index contributed by atoms with van der Waals surface area (Å²) in [6, 6.07) is 13.3. The zero-order chi connectivity index (χ0) is 23.3. The molecule has 0 spiro atoms. The molecule has 0 atom stereocenters. The molecular formula is C22H23N3O5S2. The standard InChI is InChI=1S/C22H23N3O5S2/c1-14(2)15-4-6-16(7-5-15)24-20(26)13-31-22-23-12-19(21(27)25-22)32(28,29)18-10-8-17(30-3)9-11-18/h4-12,14H,13H2,1-3H3,(H,24,26)(H,23,25,27). The van der Waals surface area contributed by atoms with Gasteiger partial charge >= 0.3 is 0 Å². The van der Waals surface area contributed by atoms with Gasteiger partial charge in [-0.2, -0.15) is 0 Å². The van der Waals surface area contributed by atoms with Gasteiger partial charge in [0, 0.05) is 5.69 Å². The van der Waals surface area contributed by atoms with Crippen molar-refractivity contribution >= 4 is 33.2 Å². The molecule has 0 radical (unpaired) electrons. The fourth-order valence-electron chi connectivity index (χ4n) is 2.80. The van der Waals surface area contributed by atoms with Crippen LogP contribution in [-0.4, -0.2) is 37.2 Å². The Labute approximate surface area is 190 Å². The maximum atomic E-state index is 12.7. The van der Waals surface area contributed by atoms with Gasteiger partial charge in [-0.1, -0.05) is 37.7 Å². The number of methoxy groups -OCH3 is 1. The molecule has 0 fully saturated rings. The summed E-state index contributed by atoms with van der Waals surface area (Å²) in [5, 5.41) is 2.92. The summed E-state index contributed by atoms with van der Waals surface area (Å²) in [6.45, 7) is 4.18. The minimum absolute atomic E-state index is 0.000547. The van der Waals surface area contributed by atoms with E-state index in [1.165, 1.54) is 36.9 Å². The molecule has 2 N–H and O–H groups in total. The highest BCUT2D eigenvalue weighted by atomic mass is 32.2. The molecule has 0 unspecified atom stereocenters. The zero-order valence-electron chi connectivity index (χ0n) is 17.8. The molecule has 2 aromatic carbocycles. The average Bonchev–Trinajstić information content (AvgIpc) is 2.78. The van der Waals surface area contributed by atoms with Crippen molar-refractivity contribution in [3.63, 3.8) is 0 Å². The largest absolute Gasteiger partial charge is 0.497 e. The molecular weight excluding hydrogens is 450 g/mol. The van der Waals surface area contributed by atoms with Gasteiger partial charge in [-0.15, -0.1) is 0 Å². The Morgan fingerprint density at radius 3 is 2.34 bits per heavy atom. The first-order chi connectivity index (χ1) is 15.2. The summed E-state index contributed by atoms with van der Waals surface area (Å²) in [7, 11) is -2.57. The molecule has 3 aromatic rings. The van der Waals surface area contributed by atoms with Gasteiger partial charge in [-0.05, 0) is 47.9 Å². The first kappa shape index (κ1) is 23.6. The third-order valence-corrected chi connectivity index (χ3v) is 7.25. The fraction of sp³-hybridized carbons (Fsp3) is 0.227. The predicted molar refractivity (Wildman–Crippen MR) is 123 cm³/mol. The number of anilines is 1. The summed E-state index contributed by atoms with van der Waals surface area (Å²) in [4.78, 5) is 30.5. The number of benzene rings is 2. The minimum Gasteiger partial charge on any atom is -0.497 e. The molecule has 3 rings (SSSR count). The Balaban J connectivity index is 1.65. The lowest BCUT2D eigenvalue weighted by atomic mass is 10.0. The van der Waals surface area contributed by atoms with Crippen LogP contribution in [0.15, 0.2) is 74.5 Å². The second-order valence-electron chi connectivity index (χ2n) is 7.17. The Morgan fingerprint density at radius 2 is 1.78 bits per heavy atom. The van der Waals surface area contributed by atoms with Gasteiger partial charge in [0.1, 0.15) is 5.75 Å². The topological polar surface area (TPSA) is 118 Å². The second-order valence-corrected chi connectivity index (χ2v) is 10.1. The number of thioether (sulfide) groups is 1. The van der Waals surface area contributed by atoms with Gasteiger partial charge in [0.05, 0.1) is 24.0 Å². The van der Waals surface area contributed by atoms with E-state index in [4.69, 9.17) is 4.74 Å². The number of rotatable bonds is 8. The van der Waals surface area contributed by atoms with Gasteiger partial charge in [0.15, 0.2) is 10.1 Å². The quantitative estimate of drug-likeness (QED) is 0.380. The van der Waals surface area contributed by atoms with Crippen LogP contribution in [0.4, 0.5) is 5.69 Å². The molecule has 0 bridgehead atoms. The van der Waals surface area contributed by atoms with Crippen molar-refractivity contribution in [3.05, 3.63) is 70.6 Å². The number of carbonyl (C=O) groups excluding carboxylic acids is 1. The number of aromatic nitrogens is 2. The van der Waals surface area contributed by atoms with Crippen molar-refractivity contribution in [1.29, 1.82) is 0 Å². The Kier molecular flexibility index (Phi) is 7.37. The molecule has 10 heteroatoms. The maximum absolute atomic E-state index is 12.7. The van der Waals surface area contributed by atoms with E-state index in [1.54, 1.807) is 0 Å². The fourth-order valence-corrected chi connectivity index (χ4v) is 4.66. The first-order valence-electron chi connectivity index (χ1n) is 9.72. The number of amides is 1. The second kappa shape index (κ2) is 10.0. The van der Waals surface area contributed by atoms with Crippen molar-refractivity contribution in [3.8, 4) is 5.75 Å². The third-order valence-electron chi connectivity index (χ3n) is 4.60. The van der Waals surface area contributed by atoms with E-state index >= 15 is 0 Å². The summed E-state index contributed by atoms with van der Waals surface area (Å²) in [5.74, 6) is 0.621. The summed E-state index contributed by atoms with van der Waals surface area (Å²) in [5.41, 5.74) is 1.04. The van der Waals surface area contributed by atoms with Crippen LogP contribution in [0.3, 0.4) is 0 Å². The lowest BCUT2D eigenvalue weighted by molar-refractivity contribution is -0.113. The lowest BCUT2D eigenvalue weighted by Crippen LogP contribution is -2.20.